The minimum absolute atomic E-state index is 0.0494. The molecule has 0 saturated carbocycles. The quantitative estimate of drug-likeness (QED) is 0.902. The fourth-order valence-electron chi connectivity index (χ4n) is 2.21. The zero-order valence-electron chi connectivity index (χ0n) is 11.1. The number of aromatic nitrogens is 1. The first-order valence-electron chi connectivity index (χ1n) is 6.32. The molecule has 6 heteroatoms. The van der Waals surface area contributed by atoms with Crippen LogP contribution in [0.4, 0.5) is 10.2 Å². The molecule has 1 fully saturated rings. The molecule has 1 aromatic rings. The van der Waals surface area contributed by atoms with Gasteiger partial charge in [0.25, 0.3) is 5.91 Å². The van der Waals surface area contributed by atoms with E-state index in [1.165, 1.54) is 12.3 Å². The Morgan fingerprint density at radius 1 is 1.53 bits per heavy atom. The second kappa shape index (κ2) is 5.97. The number of hydrogen-bond acceptors (Lipinski definition) is 4. The third-order valence-corrected chi connectivity index (χ3v) is 3.42. The van der Waals surface area contributed by atoms with Gasteiger partial charge in [-0.25, -0.2) is 9.37 Å². The average molecular weight is 267 g/mol. The standard InChI is InChI=1S/C13H18FN3O2/c1-15-12-11(14)10(3-6-16-12)13(18)17(2)9-4-7-19-8-5-9/h3,6,9H,4-5,7-8H2,1-2H3,(H,15,16). The van der Waals surface area contributed by atoms with E-state index in [1.54, 1.807) is 19.0 Å². The number of nitrogens with one attached hydrogen (secondary N) is 1. The molecule has 1 amide bonds. The van der Waals surface area contributed by atoms with Crippen LogP contribution < -0.4 is 5.32 Å². The van der Waals surface area contributed by atoms with Gasteiger partial charge in [-0.1, -0.05) is 0 Å². The topological polar surface area (TPSA) is 54.5 Å². The van der Waals surface area contributed by atoms with Gasteiger partial charge in [0, 0.05) is 39.5 Å². The number of amides is 1. The molecule has 1 aliphatic rings. The third-order valence-electron chi connectivity index (χ3n) is 3.42. The highest BCUT2D eigenvalue weighted by molar-refractivity contribution is 5.95. The molecule has 1 N–H and O–H groups in total. The van der Waals surface area contributed by atoms with Gasteiger partial charge < -0.3 is 15.0 Å². The molecule has 1 aliphatic heterocycles. The fourth-order valence-corrected chi connectivity index (χ4v) is 2.21. The van der Waals surface area contributed by atoms with Crippen molar-refractivity contribution in [1.82, 2.24) is 9.88 Å². The molecule has 0 bridgehead atoms. The van der Waals surface area contributed by atoms with Gasteiger partial charge in [-0.3, -0.25) is 4.79 Å². The van der Waals surface area contributed by atoms with E-state index < -0.39 is 5.82 Å². The van der Waals surface area contributed by atoms with Crippen LogP contribution in [0, 0.1) is 5.82 Å². The van der Waals surface area contributed by atoms with E-state index >= 15 is 0 Å². The van der Waals surface area contributed by atoms with Crippen molar-refractivity contribution in [3.8, 4) is 0 Å². The Hall–Kier alpha value is -1.69. The van der Waals surface area contributed by atoms with Crippen LogP contribution in [-0.4, -0.2) is 49.1 Å². The highest BCUT2D eigenvalue weighted by Crippen LogP contribution is 2.19. The molecule has 0 radical (unpaired) electrons. The monoisotopic (exact) mass is 267 g/mol. The first kappa shape index (κ1) is 13.7. The molecule has 0 aromatic carbocycles. The Labute approximate surface area is 111 Å². The molecule has 19 heavy (non-hydrogen) atoms. The van der Waals surface area contributed by atoms with Crippen molar-refractivity contribution in [2.45, 2.75) is 18.9 Å². The van der Waals surface area contributed by atoms with Crippen molar-refractivity contribution < 1.29 is 13.9 Å². The maximum Gasteiger partial charge on any atom is 0.257 e. The lowest BCUT2D eigenvalue weighted by atomic mass is 10.1. The summed E-state index contributed by atoms with van der Waals surface area (Å²) in [6.07, 6.45) is 3.00. The summed E-state index contributed by atoms with van der Waals surface area (Å²) in [5, 5.41) is 2.63. The zero-order valence-corrected chi connectivity index (χ0v) is 11.1. The number of hydrogen-bond donors (Lipinski definition) is 1. The highest BCUT2D eigenvalue weighted by Gasteiger charge is 2.26. The number of halogens is 1. The zero-order chi connectivity index (χ0) is 13.8. The first-order chi connectivity index (χ1) is 9.15. The van der Waals surface area contributed by atoms with Crippen molar-refractivity contribution in [1.29, 1.82) is 0 Å². The van der Waals surface area contributed by atoms with Gasteiger partial charge in [0.1, 0.15) is 0 Å². The van der Waals surface area contributed by atoms with Crippen LogP contribution in [-0.2, 0) is 4.74 Å². The molecular weight excluding hydrogens is 249 g/mol. The van der Waals surface area contributed by atoms with Crippen molar-refractivity contribution in [3.05, 3.63) is 23.6 Å². The van der Waals surface area contributed by atoms with Crippen molar-refractivity contribution in [2.75, 3.05) is 32.6 Å². The molecule has 0 unspecified atom stereocenters. The van der Waals surface area contributed by atoms with Crippen molar-refractivity contribution in [2.24, 2.45) is 0 Å². The van der Waals surface area contributed by atoms with E-state index in [9.17, 15) is 9.18 Å². The van der Waals surface area contributed by atoms with Gasteiger partial charge in [0.05, 0.1) is 5.56 Å². The summed E-state index contributed by atoms with van der Waals surface area (Å²) in [4.78, 5) is 17.8. The SMILES string of the molecule is CNc1nccc(C(=O)N(C)C2CCOCC2)c1F. The van der Waals surface area contributed by atoms with Gasteiger partial charge >= 0.3 is 0 Å². The number of carbonyl (C=O) groups is 1. The summed E-state index contributed by atoms with van der Waals surface area (Å²) in [6, 6.07) is 1.51. The van der Waals surface area contributed by atoms with E-state index in [-0.39, 0.29) is 23.3 Å². The van der Waals surface area contributed by atoms with Gasteiger partial charge in [0.2, 0.25) is 0 Å². The molecule has 1 aromatic heterocycles. The lowest BCUT2D eigenvalue weighted by Gasteiger charge is -2.31. The van der Waals surface area contributed by atoms with Crippen molar-refractivity contribution >= 4 is 11.7 Å². The first-order valence-corrected chi connectivity index (χ1v) is 6.32. The largest absolute Gasteiger partial charge is 0.381 e. The molecule has 0 aliphatic carbocycles. The second-order valence-electron chi connectivity index (χ2n) is 4.53. The highest BCUT2D eigenvalue weighted by atomic mass is 19.1. The van der Waals surface area contributed by atoms with Crippen LogP contribution in [0.1, 0.15) is 23.2 Å². The minimum atomic E-state index is -0.603. The van der Waals surface area contributed by atoms with Gasteiger partial charge in [-0.15, -0.1) is 0 Å². The molecule has 1 saturated heterocycles. The second-order valence-corrected chi connectivity index (χ2v) is 4.53. The fraction of sp³-hybridized carbons (Fsp3) is 0.538. The lowest BCUT2D eigenvalue weighted by Crippen LogP contribution is -2.41. The summed E-state index contributed by atoms with van der Waals surface area (Å²) in [6.45, 7) is 1.28. The van der Waals surface area contributed by atoms with Crippen LogP contribution in [0.15, 0.2) is 12.3 Å². The average Bonchev–Trinajstić information content (AvgIpc) is 2.47. The van der Waals surface area contributed by atoms with E-state index in [0.29, 0.717) is 13.2 Å². The summed E-state index contributed by atoms with van der Waals surface area (Å²) >= 11 is 0. The Morgan fingerprint density at radius 2 is 2.21 bits per heavy atom. The number of anilines is 1. The van der Waals surface area contributed by atoms with E-state index in [2.05, 4.69) is 10.3 Å². The van der Waals surface area contributed by atoms with Gasteiger partial charge in [0.15, 0.2) is 11.6 Å². The number of ether oxygens (including phenoxy) is 1. The third kappa shape index (κ3) is 2.84. The Kier molecular flexibility index (Phi) is 4.31. The molecule has 2 heterocycles. The summed E-state index contributed by atoms with van der Waals surface area (Å²) in [7, 11) is 3.28. The van der Waals surface area contributed by atoms with Crippen LogP contribution >= 0.6 is 0 Å². The molecular formula is C13H18FN3O2. The van der Waals surface area contributed by atoms with Crippen LogP contribution in [0.25, 0.3) is 0 Å². The van der Waals surface area contributed by atoms with Gasteiger partial charge in [-0.2, -0.15) is 0 Å². The number of nitrogens with zero attached hydrogens (tertiary/aromatic N) is 2. The summed E-state index contributed by atoms with van der Waals surface area (Å²) in [5.41, 5.74) is 0.0494. The maximum atomic E-state index is 14.1. The Morgan fingerprint density at radius 3 is 2.84 bits per heavy atom. The predicted molar refractivity (Wildman–Crippen MR) is 69.7 cm³/mol. The lowest BCUT2D eigenvalue weighted by molar-refractivity contribution is 0.0359. The van der Waals surface area contributed by atoms with E-state index in [0.717, 1.165) is 12.8 Å². The normalized spacial score (nSPS) is 16.2. The summed E-state index contributed by atoms with van der Waals surface area (Å²) < 4.78 is 19.3. The predicted octanol–water partition coefficient (Wildman–Crippen LogP) is 1.51. The van der Waals surface area contributed by atoms with Crippen LogP contribution in [0.3, 0.4) is 0 Å². The van der Waals surface area contributed by atoms with Crippen LogP contribution in [0.5, 0.6) is 0 Å². The number of rotatable bonds is 3. The smallest absolute Gasteiger partial charge is 0.257 e. The van der Waals surface area contributed by atoms with Gasteiger partial charge in [-0.05, 0) is 18.9 Å². The minimum Gasteiger partial charge on any atom is -0.381 e. The number of carbonyl (C=O) groups excluding carboxylic acids is 1. The Balaban J connectivity index is 2.18. The van der Waals surface area contributed by atoms with Crippen LogP contribution in [0.2, 0.25) is 0 Å². The maximum absolute atomic E-state index is 14.1. The number of pyridine rings is 1. The Bertz CT molecular complexity index is 461. The van der Waals surface area contributed by atoms with E-state index in [4.69, 9.17) is 4.74 Å². The summed E-state index contributed by atoms with van der Waals surface area (Å²) in [5.74, 6) is -0.830. The molecule has 0 spiro atoms. The molecule has 0 atom stereocenters. The molecule has 2 rings (SSSR count). The molecule has 5 nitrogen and oxygen atoms in total. The van der Waals surface area contributed by atoms with E-state index in [1.807, 2.05) is 0 Å². The molecule has 104 valence electrons. The van der Waals surface area contributed by atoms with Crippen molar-refractivity contribution in [3.63, 3.8) is 0 Å².